The number of benzene rings is 2. The smallest absolute Gasteiger partial charge is 0.231 e. The van der Waals surface area contributed by atoms with Crippen LogP contribution in [0.15, 0.2) is 36.4 Å². The van der Waals surface area contributed by atoms with Crippen molar-refractivity contribution in [2.24, 2.45) is 0 Å². The predicted molar refractivity (Wildman–Crippen MR) is 121 cm³/mol. The van der Waals surface area contributed by atoms with E-state index in [4.69, 9.17) is 21.7 Å². The van der Waals surface area contributed by atoms with Crippen LogP contribution in [-0.4, -0.2) is 30.0 Å². The second-order valence-electron chi connectivity index (χ2n) is 7.02. The Balaban J connectivity index is 1.37. The van der Waals surface area contributed by atoms with Gasteiger partial charge in [-0.1, -0.05) is 12.1 Å². The van der Waals surface area contributed by atoms with Gasteiger partial charge in [-0.15, -0.1) is 0 Å². The molecule has 0 spiro atoms. The van der Waals surface area contributed by atoms with Crippen LogP contribution in [0.5, 0.6) is 11.5 Å². The fourth-order valence-electron chi connectivity index (χ4n) is 3.18. The number of pyridine rings is 1. The molecule has 8 heteroatoms. The van der Waals surface area contributed by atoms with Crippen molar-refractivity contribution in [1.29, 1.82) is 5.26 Å². The van der Waals surface area contributed by atoms with E-state index in [2.05, 4.69) is 45.2 Å². The Labute approximate surface area is 180 Å². The maximum Gasteiger partial charge on any atom is 0.231 e. The maximum absolute atomic E-state index is 9.50. The Kier molecular flexibility index (Phi) is 5.55. The topological polar surface area (TPSA) is 91.2 Å². The molecule has 2 heterocycles. The van der Waals surface area contributed by atoms with Crippen molar-refractivity contribution in [2.75, 3.05) is 30.5 Å². The van der Waals surface area contributed by atoms with Gasteiger partial charge in [0.15, 0.2) is 16.6 Å². The highest BCUT2D eigenvalue weighted by molar-refractivity contribution is 7.80. The second kappa shape index (κ2) is 8.43. The van der Waals surface area contributed by atoms with Crippen molar-refractivity contribution in [3.8, 4) is 17.6 Å². The van der Waals surface area contributed by atoms with Crippen LogP contribution in [-0.2, 0) is 0 Å². The Morgan fingerprint density at radius 3 is 2.73 bits per heavy atom. The Hall–Kier alpha value is -3.57. The number of rotatable bonds is 5. The van der Waals surface area contributed by atoms with Crippen LogP contribution in [0.4, 0.5) is 11.5 Å². The van der Waals surface area contributed by atoms with Gasteiger partial charge in [-0.2, -0.15) is 5.26 Å². The third kappa shape index (κ3) is 4.21. The average Bonchev–Trinajstić information content (AvgIpc) is 3.18. The quantitative estimate of drug-likeness (QED) is 0.424. The summed E-state index contributed by atoms with van der Waals surface area (Å²) in [7, 11) is 0. The molecule has 3 N–H and O–H groups in total. The van der Waals surface area contributed by atoms with Gasteiger partial charge in [-0.05, 0) is 55.4 Å². The van der Waals surface area contributed by atoms with Crippen LogP contribution in [0.1, 0.15) is 16.7 Å². The molecule has 0 saturated carbocycles. The summed E-state index contributed by atoms with van der Waals surface area (Å²) >= 11 is 5.38. The molecule has 0 radical (unpaired) electrons. The molecule has 2 aromatic carbocycles. The number of aromatic nitrogens is 1. The van der Waals surface area contributed by atoms with Crippen LogP contribution in [0.2, 0.25) is 0 Å². The average molecular weight is 420 g/mol. The molecule has 0 bridgehead atoms. The minimum atomic E-state index is 0.198. The largest absolute Gasteiger partial charge is 0.454 e. The maximum atomic E-state index is 9.50. The number of fused-ring (bicyclic) bond motifs is 2. The monoisotopic (exact) mass is 419 g/mol. The highest BCUT2D eigenvalue weighted by atomic mass is 32.1. The first kappa shape index (κ1) is 19.7. The van der Waals surface area contributed by atoms with E-state index in [1.54, 1.807) is 6.07 Å². The molecule has 3 aromatic rings. The first-order chi connectivity index (χ1) is 14.5. The van der Waals surface area contributed by atoms with Gasteiger partial charge in [0.05, 0.1) is 11.1 Å². The fourth-order valence-corrected chi connectivity index (χ4v) is 3.39. The van der Waals surface area contributed by atoms with E-state index in [0.29, 0.717) is 41.1 Å². The van der Waals surface area contributed by atoms with Gasteiger partial charge >= 0.3 is 0 Å². The van der Waals surface area contributed by atoms with Gasteiger partial charge in [0.1, 0.15) is 11.9 Å². The van der Waals surface area contributed by atoms with Crippen LogP contribution in [0, 0.1) is 25.2 Å². The molecule has 1 aliphatic rings. The van der Waals surface area contributed by atoms with E-state index in [9.17, 15) is 5.26 Å². The van der Waals surface area contributed by atoms with E-state index in [-0.39, 0.29) is 6.79 Å². The number of hydrogen-bond acceptors (Lipinski definition) is 6. The van der Waals surface area contributed by atoms with Crippen molar-refractivity contribution >= 4 is 39.7 Å². The molecular weight excluding hydrogens is 398 g/mol. The SMILES string of the molecule is Cc1ccc(C)c(NC(=S)NCCNc2nc3cc4c(cc3cc2C#N)OCO4)c1. The number of nitrogens with zero attached hydrogens (tertiary/aromatic N) is 2. The summed E-state index contributed by atoms with van der Waals surface area (Å²) in [4.78, 5) is 4.58. The molecule has 0 amide bonds. The summed E-state index contributed by atoms with van der Waals surface area (Å²) in [5.74, 6) is 1.86. The minimum absolute atomic E-state index is 0.198. The summed E-state index contributed by atoms with van der Waals surface area (Å²) in [6.07, 6.45) is 0. The summed E-state index contributed by atoms with van der Waals surface area (Å²) in [5, 5.41) is 20.5. The van der Waals surface area contributed by atoms with Gasteiger partial charge in [0, 0.05) is 30.2 Å². The first-order valence-corrected chi connectivity index (χ1v) is 9.95. The number of ether oxygens (including phenoxy) is 2. The lowest BCUT2D eigenvalue weighted by atomic mass is 10.1. The van der Waals surface area contributed by atoms with E-state index < -0.39 is 0 Å². The molecule has 30 heavy (non-hydrogen) atoms. The number of thiocarbonyl (C=S) groups is 1. The van der Waals surface area contributed by atoms with Crippen LogP contribution in [0.25, 0.3) is 10.9 Å². The van der Waals surface area contributed by atoms with Crippen molar-refractivity contribution in [3.05, 3.63) is 53.1 Å². The Morgan fingerprint density at radius 1 is 1.13 bits per heavy atom. The third-order valence-electron chi connectivity index (χ3n) is 4.77. The summed E-state index contributed by atoms with van der Waals surface area (Å²) < 4.78 is 10.8. The van der Waals surface area contributed by atoms with E-state index >= 15 is 0 Å². The van der Waals surface area contributed by atoms with Gasteiger partial charge in [0.2, 0.25) is 6.79 Å². The Bertz CT molecular complexity index is 1170. The van der Waals surface area contributed by atoms with Crippen molar-refractivity contribution < 1.29 is 9.47 Å². The third-order valence-corrected chi connectivity index (χ3v) is 5.02. The van der Waals surface area contributed by atoms with Crippen molar-refractivity contribution in [1.82, 2.24) is 10.3 Å². The lowest BCUT2D eigenvalue weighted by Crippen LogP contribution is -2.32. The fraction of sp³-hybridized carbons (Fsp3) is 0.227. The molecule has 0 saturated heterocycles. The second-order valence-corrected chi connectivity index (χ2v) is 7.43. The standard InChI is InChI=1S/C22H21N5O2S/c1-13-3-4-14(2)17(7-13)27-22(30)25-6-5-24-21-16(11-23)8-15-9-19-20(29-12-28-19)10-18(15)26-21/h3-4,7-10H,5-6,12H2,1-2H3,(H,24,26)(H2,25,27,30). The van der Waals surface area contributed by atoms with Crippen LogP contribution < -0.4 is 25.4 Å². The van der Waals surface area contributed by atoms with E-state index in [1.165, 1.54) is 5.56 Å². The van der Waals surface area contributed by atoms with E-state index in [0.717, 1.165) is 22.2 Å². The lowest BCUT2D eigenvalue weighted by Gasteiger charge is -2.14. The lowest BCUT2D eigenvalue weighted by molar-refractivity contribution is 0.174. The zero-order valence-electron chi connectivity index (χ0n) is 16.7. The number of nitriles is 1. The number of anilines is 2. The molecule has 0 fully saturated rings. The summed E-state index contributed by atoms with van der Waals surface area (Å²) in [6.45, 7) is 5.40. The van der Waals surface area contributed by atoms with Crippen molar-refractivity contribution in [2.45, 2.75) is 13.8 Å². The molecule has 7 nitrogen and oxygen atoms in total. The molecule has 4 rings (SSSR count). The normalized spacial score (nSPS) is 11.8. The molecule has 0 unspecified atom stereocenters. The van der Waals surface area contributed by atoms with Crippen LogP contribution in [0.3, 0.4) is 0 Å². The summed E-state index contributed by atoms with van der Waals surface area (Å²) in [6, 6.07) is 13.8. The molecule has 0 aliphatic carbocycles. The van der Waals surface area contributed by atoms with Crippen LogP contribution >= 0.6 is 12.2 Å². The van der Waals surface area contributed by atoms with Gasteiger partial charge in [0.25, 0.3) is 0 Å². The molecule has 1 aromatic heterocycles. The van der Waals surface area contributed by atoms with Gasteiger partial charge in [-0.3, -0.25) is 0 Å². The molecule has 152 valence electrons. The minimum Gasteiger partial charge on any atom is -0.454 e. The van der Waals surface area contributed by atoms with Gasteiger partial charge < -0.3 is 25.4 Å². The number of nitrogens with one attached hydrogen (secondary N) is 3. The van der Waals surface area contributed by atoms with E-state index in [1.807, 2.05) is 26.0 Å². The highest BCUT2D eigenvalue weighted by Gasteiger charge is 2.16. The molecule has 0 atom stereocenters. The molecular formula is C22H21N5O2S. The highest BCUT2D eigenvalue weighted by Crippen LogP contribution is 2.36. The molecule has 1 aliphatic heterocycles. The predicted octanol–water partition coefficient (Wildman–Crippen LogP) is 3.85. The number of aryl methyl sites for hydroxylation is 2. The Morgan fingerprint density at radius 2 is 1.93 bits per heavy atom. The zero-order valence-corrected chi connectivity index (χ0v) is 17.5. The first-order valence-electron chi connectivity index (χ1n) is 9.54. The van der Waals surface area contributed by atoms with Crippen molar-refractivity contribution in [3.63, 3.8) is 0 Å². The summed E-state index contributed by atoms with van der Waals surface area (Å²) in [5.41, 5.74) is 4.49. The zero-order chi connectivity index (χ0) is 21.1. The number of hydrogen-bond donors (Lipinski definition) is 3. The van der Waals surface area contributed by atoms with Gasteiger partial charge in [-0.25, -0.2) is 4.98 Å².